The highest BCUT2D eigenvalue weighted by Gasteiger charge is 2.53. The molecule has 1 aromatic carbocycles. The molecule has 1 aliphatic carbocycles. The summed E-state index contributed by atoms with van der Waals surface area (Å²) in [4.78, 5) is 0. The minimum absolute atomic E-state index is 0.135. The van der Waals surface area contributed by atoms with E-state index in [0.29, 0.717) is 18.4 Å². The molecule has 0 spiro atoms. The van der Waals surface area contributed by atoms with Gasteiger partial charge >= 0.3 is 0 Å². The first-order valence-electron chi connectivity index (χ1n) is 7.70. The zero-order valence-corrected chi connectivity index (χ0v) is 12.9. The van der Waals surface area contributed by atoms with Gasteiger partial charge in [0, 0.05) is 16.9 Å². The van der Waals surface area contributed by atoms with Crippen LogP contribution in [0.3, 0.4) is 0 Å². The van der Waals surface area contributed by atoms with Crippen molar-refractivity contribution in [3.63, 3.8) is 0 Å². The van der Waals surface area contributed by atoms with Gasteiger partial charge in [-0.3, -0.25) is 0 Å². The van der Waals surface area contributed by atoms with Crippen LogP contribution >= 0.6 is 0 Å². The van der Waals surface area contributed by atoms with Crippen molar-refractivity contribution in [2.75, 3.05) is 13.2 Å². The molecule has 1 heterocycles. The molecule has 2 bridgehead atoms. The van der Waals surface area contributed by atoms with Gasteiger partial charge in [0.1, 0.15) is 5.75 Å². The van der Waals surface area contributed by atoms with E-state index in [2.05, 4.69) is 26.8 Å². The molecule has 3 nitrogen and oxygen atoms in total. The van der Waals surface area contributed by atoms with Gasteiger partial charge in [0.2, 0.25) is 0 Å². The van der Waals surface area contributed by atoms with E-state index in [1.54, 1.807) is 6.07 Å². The van der Waals surface area contributed by atoms with Crippen LogP contribution in [0.25, 0.3) is 0 Å². The summed E-state index contributed by atoms with van der Waals surface area (Å²) < 4.78 is 6.16. The van der Waals surface area contributed by atoms with Crippen LogP contribution < -0.4 is 0 Å². The summed E-state index contributed by atoms with van der Waals surface area (Å²) in [5.41, 5.74) is 1.95. The third-order valence-electron chi connectivity index (χ3n) is 5.79. The molecule has 1 aromatic rings. The monoisotopic (exact) mass is 288 g/mol. The lowest BCUT2D eigenvalue weighted by Crippen LogP contribution is -2.53. The molecule has 5 atom stereocenters. The number of hydrogen-bond donors (Lipinski definition) is 2. The number of fused-ring (bicyclic) bond motifs is 2. The van der Waals surface area contributed by atoms with Gasteiger partial charge in [0.25, 0.3) is 0 Å². The van der Waals surface area contributed by atoms with Crippen molar-refractivity contribution in [3.8, 4) is 5.75 Å². The van der Waals surface area contributed by atoms with Crippen molar-refractivity contribution in [3.05, 3.63) is 41.5 Å². The van der Waals surface area contributed by atoms with Crippen LogP contribution in [-0.4, -0.2) is 23.4 Å². The first-order valence-corrected chi connectivity index (χ1v) is 7.70. The number of hydrogen-bond acceptors (Lipinski definition) is 3. The van der Waals surface area contributed by atoms with Gasteiger partial charge in [-0.25, -0.2) is 0 Å². The van der Waals surface area contributed by atoms with Gasteiger partial charge in [-0.1, -0.05) is 43.7 Å². The van der Waals surface area contributed by atoms with E-state index >= 15 is 0 Å². The predicted molar refractivity (Wildman–Crippen MR) is 81.9 cm³/mol. The molecule has 0 unspecified atom stereocenters. The van der Waals surface area contributed by atoms with Crippen LogP contribution in [0.15, 0.2) is 35.9 Å². The summed E-state index contributed by atoms with van der Waals surface area (Å²) in [6, 6.07) is 7.40. The molecule has 2 N–H and O–H groups in total. The number of rotatable bonds is 2. The maximum atomic E-state index is 10.2. The number of aliphatic hydroxyl groups is 1. The Morgan fingerprint density at radius 3 is 2.67 bits per heavy atom. The lowest BCUT2D eigenvalue weighted by Gasteiger charge is -2.55. The average Bonchev–Trinajstić information content (AvgIpc) is 2.46. The van der Waals surface area contributed by atoms with E-state index in [-0.39, 0.29) is 29.8 Å². The van der Waals surface area contributed by atoms with E-state index in [1.807, 2.05) is 18.2 Å². The Labute approximate surface area is 126 Å². The maximum absolute atomic E-state index is 10.2. The highest BCUT2D eigenvalue weighted by molar-refractivity contribution is 5.37. The van der Waals surface area contributed by atoms with Crippen LogP contribution in [0.1, 0.15) is 32.4 Å². The highest BCUT2D eigenvalue weighted by Crippen LogP contribution is 2.56. The van der Waals surface area contributed by atoms with Gasteiger partial charge < -0.3 is 14.9 Å². The molecule has 21 heavy (non-hydrogen) atoms. The van der Waals surface area contributed by atoms with Crippen molar-refractivity contribution >= 4 is 0 Å². The van der Waals surface area contributed by atoms with Gasteiger partial charge in [0.05, 0.1) is 19.3 Å². The lowest BCUT2D eigenvalue weighted by atomic mass is 9.56. The first-order chi connectivity index (χ1) is 10.0. The van der Waals surface area contributed by atoms with E-state index in [9.17, 15) is 10.2 Å². The highest BCUT2D eigenvalue weighted by atomic mass is 16.5. The zero-order chi connectivity index (χ0) is 15.2. The molecule has 0 radical (unpaired) electrons. The fourth-order valence-electron chi connectivity index (χ4n) is 4.30. The molecule has 1 fully saturated rings. The molecule has 0 amide bonds. The molecule has 3 heteroatoms. The van der Waals surface area contributed by atoms with Crippen LogP contribution in [0, 0.1) is 23.2 Å². The zero-order valence-electron chi connectivity index (χ0n) is 12.9. The Bertz CT molecular complexity index is 565. The number of para-hydroxylation sites is 1. The SMILES string of the molecule is CC1=C[C@@H](C)[C@@]2(CO)CO[C@H](c3ccccc3O)[C@H]1[C@H]2C. The van der Waals surface area contributed by atoms with E-state index in [1.165, 1.54) is 5.57 Å². The molecule has 1 aliphatic heterocycles. The van der Waals surface area contributed by atoms with Crippen molar-refractivity contribution in [1.29, 1.82) is 0 Å². The number of allylic oxidation sites excluding steroid dienone is 1. The van der Waals surface area contributed by atoms with Gasteiger partial charge in [-0.2, -0.15) is 0 Å². The first kappa shape index (κ1) is 14.6. The van der Waals surface area contributed by atoms with Gasteiger partial charge in [0.15, 0.2) is 0 Å². The number of ether oxygens (including phenoxy) is 1. The van der Waals surface area contributed by atoms with Crippen LogP contribution in [-0.2, 0) is 4.74 Å². The third kappa shape index (κ3) is 2.02. The van der Waals surface area contributed by atoms with Gasteiger partial charge in [-0.05, 0) is 24.8 Å². The summed E-state index contributed by atoms with van der Waals surface area (Å²) in [6.45, 7) is 7.19. The minimum atomic E-state index is -0.203. The van der Waals surface area contributed by atoms with Gasteiger partial charge in [-0.15, -0.1) is 0 Å². The molecule has 2 aliphatic rings. The Morgan fingerprint density at radius 1 is 1.29 bits per heavy atom. The largest absolute Gasteiger partial charge is 0.508 e. The van der Waals surface area contributed by atoms with Crippen LogP contribution in [0.4, 0.5) is 0 Å². The average molecular weight is 288 g/mol. The van der Waals surface area contributed by atoms with Crippen LogP contribution in [0.2, 0.25) is 0 Å². The normalized spacial score (nSPS) is 39.0. The third-order valence-corrected chi connectivity index (χ3v) is 5.79. The topological polar surface area (TPSA) is 49.7 Å². The lowest BCUT2D eigenvalue weighted by molar-refractivity contribution is -0.165. The quantitative estimate of drug-likeness (QED) is 0.821. The molecule has 1 saturated heterocycles. The summed E-state index contributed by atoms with van der Waals surface area (Å²) in [5, 5.41) is 20.1. The van der Waals surface area contributed by atoms with Crippen molar-refractivity contribution < 1.29 is 14.9 Å². The number of aliphatic hydroxyl groups excluding tert-OH is 1. The van der Waals surface area contributed by atoms with Crippen molar-refractivity contribution in [1.82, 2.24) is 0 Å². The standard InChI is InChI=1S/C18H24O3/c1-11-8-12(2)18(9-19)10-21-17(16(11)13(18)3)14-6-4-5-7-15(14)20/h4-8,12-13,16-17,19-20H,9-10H2,1-3H3/t12-,13-,16-,17-,18-/m1/s1. The number of aromatic hydroxyl groups is 1. The Morgan fingerprint density at radius 2 is 2.00 bits per heavy atom. The molecule has 0 aromatic heterocycles. The van der Waals surface area contributed by atoms with Crippen molar-refractivity contribution in [2.45, 2.75) is 26.9 Å². The van der Waals surface area contributed by atoms with Crippen molar-refractivity contribution in [2.24, 2.45) is 23.2 Å². The minimum Gasteiger partial charge on any atom is -0.508 e. The summed E-state index contributed by atoms with van der Waals surface area (Å²) in [7, 11) is 0. The predicted octanol–water partition coefficient (Wildman–Crippen LogP) is 3.29. The smallest absolute Gasteiger partial charge is 0.121 e. The van der Waals surface area contributed by atoms with E-state index < -0.39 is 0 Å². The Balaban J connectivity index is 2.06. The Kier molecular flexibility index (Phi) is 3.58. The molecule has 3 rings (SSSR count). The molecule has 0 saturated carbocycles. The second kappa shape index (κ2) is 5.15. The molecular formula is C18H24O3. The maximum Gasteiger partial charge on any atom is 0.121 e. The fraction of sp³-hybridized carbons (Fsp3) is 0.556. The molecule has 114 valence electrons. The van der Waals surface area contributed by atoms with Crippen LogP contribution in [0.5, 0.6) is 5.75 Å². The second-order valence-electron chi connectivity index (χ2n) is 6.70. The summed E-state index contributed by atoms with van der Waals surface area (Å²) >= 11 is 0. The summed E-state index contributed by atoms with van der Waals surface area (Å²) in [5.74, 6) is 1.12. The van der Waals surface area contributed by atoms with E-state index in [0.717, 1.165) is 5.56 Å². The fourth-order valence-corrected chi connectivity index (χ4v) is 4.30. The number of phenolic OH excluding ortho intramolecular Hbond substituents is 1. The second-order valence-corrected chi connectivity index (χ2v) is 6.70. The Hall–Kier alpha value is -1.32. The van der Waals surface area contributed by atoms with E-state index in [4.69, 9.17) is 4.74 Å². The summed E-state index contributed by atoms with van der Waals surface area (Å²) in [6.07, 6.45) is 2.14. The molecular weight excluding hydrogens is 264 g/mol. The number of benzene rings is 1. The number of phenols is 1.